The molecule has 3 N–H and O–H groups in total. The molecule has 0 aliphatic carbocycles. The van der Waals surface area contributed by atoms with Gasteiger partial charge in [0.15, 0.2) is 0 Å². The van der Waals surface area contributed by atoms with E-state index in [1.807, 2.05) is 32.8 Å². The summed E-state index contributed by atoms with van der Waals surface area (Å²) in [5.74, 6) is -0.117. The average molecular weight is 251 g/mol. The molecule has 0 aliphatic rings. The van der Waals surface area contributed by atoms with E-state index in [2.05, 4.69) is 15.3 Å². The molecule has 0 atom stereocenters. The van der Waals surface area contributed by atoms with Crippen LogP contribution in [0.15, 0.2) is 6.07 Å². The number of likely N-dealkylation sites (N-methyl/N-ethyl adjacent to an activating group) is 1. The Kier molecular flexibility index (Phi) is 4.24. The summed E-state index contributed by atoms with van der Waals surface area (Å²) in [6, 6.07) is 1.62. The van der Waals surface area contributed by atoms with Crippen molar-refractivity contribution in [2.45, 2.75) is 26.3 Å². The van der Waals surface area contributed by atoms with Crippen LogP contribution in [-0.4, -0.2) is 47.0 Å². The van der Waals surface area contributed by atoms with Gasteiger partial charge in [-0.05, 0) is 40.9 Å². The lowest BCUT2D eigenvalue weighted by molar-refractivity contribution is 0.0914. The quantitative estimate of drug-likeness (QED) is 0.811. The first-order valence-corrected chi connectivity index (χ1v) is 5.79. The molecule has 1 rings (SSSR count). The Bertz CT molecular complexity index is 422. The summed E-state index contributed by atoms with van der Waals surface area (Å²) in [6.07, 6.45) is 0. The van der Waals surface area contributed by atoms with Crippen LogP contribution in [0.5, 0.6) is 0 Å². The Hall–Kier alpha value is -1.69. The van der Waals surface area contributed by atoms with Gasteiger partial charge in [0, 0.05) is 17.8 Å². The number of aromatic nitrogens is 2. The summed E-state index contributed by atoms with van der Waals surface area (Å²) in [4.78, 5) is 21.8. The van der Waals surface area contributed by atoms with Crippen molar-refractivity contribution in [3.05, 3.63) is 17.5 Å². The van der Waals surface area contributed by atoms with E-state index in [0.29, 0.717) is 17.9 Å². The minimum Gasteiger partial charge on any atom is -0.368 e. The lowest BCUT2D eigenvalue weighted by Gasteiger charge is -2.32. The normalized spacial score (nSPS) is 11.7. The van der Waals surface area contributed by atoms with Crippen molar-refractivity contribution < 1.29 is 4.79 Å². The molecule has 1 heterocycles. The fraction of sp³-hybridized carbons (Fsp3) is 0.583. The predicted octanol–water partition coefficient (Wildman–Crippen LogP) is 0.437. The molecular formula is C12H21N5O. The standard InChI is InChI=1S/C12H21N5O/c1-8-6-9(16-11(13)15-8)10(18)14-7-12(2,3)17(4)5/h6H,7H2,1-5H3,(H,14,18)(H2,13,15,16). The molecule has 6 nitrogen and oxygen atoms in total. The molecule has 0 fully saturated rings. The maximum Gasteiger partial charge on any atom is 0.270 e. The van der Waals surface area contributed by atoms with Gasteiger partial charge < -0.3 is 16.0 Å². The SMILES string of the molecule is Cc1cc(C(=O)NCC(C)(C)N(C)C)nc(N)n1. The minimum atomic E-state index is -0.234. The minimum absolute atomic E-state index is 0.118. The molecule has 0 radical (unpaired) electrons. The molecule has 0 saturated heterocycles. The Morgan fingerprint density at radius 2 is 2.06 bits per heavy atom. The molecule has 1 aromatic rings. The fourth-order valence-corrected chi connectivity index (χ4v) is 1.25. The second-order valence-electron chi connectivity index (χ2n) is 5.14. The van der Waals surface area contributed by atoms with Crippen molar-refractivity contribution in [3.8, 4) is 0 Å². The van der Waals surface area contributed by atoms with Gasteiger partial charge in [-0.3, -0.25) is 4.79 Å². The number of rotatable bonds is 4. The van der Waals surface area contributed by atoms with Crippen molar-refractivity contribution in [1.82, 2.24) is 20.2 Å². The highest BCUT2D eigenvalue weighted by atomic mass is 16.1. The molecule has 1 amide bonds. The summed E-state index contributed by atoms with van der Waals surface area (Å²) in [5, 5.41) is 2.85. The van der Waals surface area contributed by atoms with Crippen LogP contribution in [0, 0.1) is 6.92 Å². The first kappa shape index (κ1) is 14.4. The Morgan fingerprint density at radius 3 is 2.56 bits per heavy atom. The zero-order chi connectivity index (χ0) is 13.9. The lowest BCUT2D eigenvalue weighted by Crippen LogP contribution is -2.48. The zero-order valence-corrected chi connectivity index (χ0v) is 11.6. The molecule has 1 aromatic heterocycles. The van der Waals surface area contributed by atoms with Crippen LogP contribution in [0.4, 0.5) is 5.95 Å². The third kappa shape index (κ3) is 3.66. The van der Waals surface area contributed by atoms with Crippen LogP contribution in [0.25, 0.3) is 0 Å². The van der Waals surface area contributed by atoms with Crippen molar-refractivity contribution in [3.63, 3.8) is 0 Å². The van der Waals surface area contributed by atoms with Crippen LogP contribution in [0.1, 0.15) is 30.0 Å². The summed E-state index contributed by atoms with van der Waals surface area (Å²) in [6.45, 7) is 6.40. The molecule has 0 bridgehead atoms. The van der Waals surface area contributed by atoms with Crippen molar-refractivity contribution in [1.29, 1.82) is 0 Å². The maximum atomic E-state index is 11.9. The van der Waals surface area contributed by atoms with Gasteiger partial charge in [0.05, 0.1) is 0 Å². The van der Waals surface area contributed by atoms with E-state index >= 15 is 0 Å². The number of amides is 1. The van der Waals surface area contributed by atoms with Crippen LogP contribution < -0.4 is 11.1 Å². The third-order valence-corrected chi connectivity index (χ3v) is 3.00. The van der Waals surface area contributed by atoms with Crippen molar-refractivity contribution >= 4 is 11.9 Å². The maximum absolute atomic E-state index is 11.9. The second kappa shape index (κ2) is 5.30. The number of nitrogens with zero attached hydrogens (tertiary/aromatic N) is 3. The predicted molar refractivity (Wildman–Crippen MR) is 71.3 cm³/mol. The second-order valence-corrected chi connectivity index (χ2v) is 5.14. The monoisotopic (exact) mass is 251 g/mol. The topological polar surface area (TPSA) is 84.1 Å². The van der Waals surface area contributed by atoms with Gasteiger partial charge in [-0.2, -0.15) is 0 Å². The fourth-order valence-electron chi connectivity index (χ4n) is 1.25. The van der Waals surface area contributed by atoms with Gasteiger partial charge in [-0.15, -0.1) is 0 Å². The largest absolute Gasteiger partial charge is 0.368 e. The number of carbonyl (C=O) groups is 1. The number of anilines is 1. The van der Waals surface area contributed by atoms with Crippen LogP contribution in [-0.2, 0) is 0 Å². The molecule has 0 saturated carbocycles. The molecule has 0 spiro atoms. The summed E-state index contributed by atoms with van der Waals surface area (Å²) in [7, 11) is 3.94. The number of nitrogen functional groups attached to an aromatic ring is 1. The van der Waals surface area contributed by atoms with E-state index in [1.54, 1.807) is 13.0 Å². The van der Waals surface area contributed by atoms with Gasteiger partial charge in [-0.25, -0.2) is 9.97 Å². The van der Waals surface area contributed by atoms with Gasteiger partial charge in [0.1, 0.15) is 5.69 Å². The Morgan fingerprint density at radius 1 is 1.44 bits per heavy atom. The highest BCUT2D eigenvalue weighted by molar-refractivity contribution is 5.92. The number of carbonyl (C=O) groups excluding carboxylic acids is 1. The number of hydrogen-bond acceptors (Lipinski definition) is 5. The van der Waals surface area contributed by atoms with Gasteiger partial charge >= 0.3 is 0 Å². The summed E-state index contributed by atoms with van der Waals surface area (Å²) in [5.41, 5.74) is 6.38. The number of hydrogen-bond donors (Lipinski definition) is 2. The van der Waals surface area contributed by atoms with E-state index in [1.165, 1.54) is 0 Å². The highest BCUT2D eigenvalue weighted by Crippen LogP contribution is 2.08. The van der Waals surface area contributed by atoms with E-state index in [4.69, 9.17) is 5.73 Å². The number of nitrogens with one attached hydrogen (secondary N) is 1. The van der Waals surface area contributed by atoms with Crippen LogP contribution >= 0.6 is 0 Å². The van der Waals surface area contributed by atoms with Crippen molar-refractivity contribution in [2.24, 2.45) is 0 Å². The molecule has 0 aliphatic heterocycles. The van der Waals surface area contributed by atoms with Crippen molar-refractivity contribution in [2.75, 3.05) is 26.4 Å². The lowest BCUT2D eigenvalue weighted by atomic mass is 10.0. The molecule has 0 unspecified atom stereocenters. The van der Waals surface area contributed by atoms with Gasteiger partial charge in [-0.1, -0.05) is 0 Å². The molecule has 100 valence electrons. The van der Waals surface area contributed by atoms with Gasteiger partial charge in [0.25, 0.3) is 5.91 Å². The molecule has 18 heavy (non-hydrogen) atoms. The highest BCUT2D eigenvalue weighted by Gasteiger charge is 2.21. The van der Waals surface area contributed by atoms with E-state index < -0.39 is 0 Å². The summed E-state index contributed by atoms with van der Waals surface area (Å²) < 4.78 is 0. The third-order valence-electron chi connectivity index (χ3n) is 3.00. The molecular weight excluding hydrogens is 230 g/mol. The molecule has 6 heteroatoms. The van der Waals surface area contributed by atoms with E-state index in [9.17, 15) is 4.79 Å². The van der Waals surface area contributed by atoms with E-state index in [-0.39, 0.29) is 17.4 Å². The Labute approximate surface area is 108 Å². The number of aryl methyl sites for hydroxylation is 1. The van der Waals surface area contributed by atoms with E-state index in [0.717, 1.165) is 0 Å². The van der Waals surface area contributed by atoms with Crippen LogP contribution in [0.2, 0.25) is 0 Å². The Balaban J connectivity index is 2.72. The first-order valence-electron chi connectivity index (χ1n) is 5.79. The van der Waals surface area contributed by atoms with Crippen LogP contribution in [0.3, 0.4) is 0 Å². The zero-order valence-electron chi connectivity index (χ0n) is 11.6. The molecule has 0 aromatic carbocycles. The summed E-state index contributed by atoms with van der Waals surface area (Å²) >= 11 is 0. The number of nitrogens with two attached hydrogens (primary N) is 1. The van der Waals surface area contributed by atoms with Gasteiger partial charge in [0.2, 0.25) is 5.95 Å². The smallest absolute Gasteiger partial charge is 0.270 e. The average Bonchev–Trinajstić information content (AvgIpc) is 2.24. The first-order chi connectivity index (χ1) is 8.22.